The summed E-state index contributed by atoms with van der Waals surface area (Å²) >= 11 is 16.7. The van der Waals surface area contributed by atoms with Crippen LogP contribution in [-0.4, -0.2) is 43.0 Å². The van der Waals surface area contributed by atoms with Crippen LogP contribution in [0.15, 0.2) is 22.8 Å². The van der Waals surface area contributed by atoms with E-state index < -0.39 is 35.5 Å². The molecule has 0 amide bonds. The predicted octanol–water partition coefficient (Wildman–Crippen LogP) is 3.40. The van der Waals surface area contributed by atoms with Gasteiger partial charge < -0.3 is 18.6 Å². The lowest BCUT2D eigenvalue weighted by Gasteiger charge is -2.27. The molecule has 7 nitrogen and oxygen atoms in total. The molecular formula is C15H18Cl3O7Si. The van der Waals surface area contributed by atoms with E-state index >= 15 is 0 Å². The highest BCUT2D eigenvalue weighted by Crippen LogP contribution is 2.33. The molecule has 0 fully saturated rings. The summed E-state index contributed by atoms with van der Waals surface area (Å²) in [5.74, 6) is -1.16. The number of ether oxygens (including phenoxy) is 3. The Morgan fingerprint density at radius 1 is 1.23 bits per heavy atom. The maximum Gasteiger partial charge on any atom is 0.418 e. The minimum atomic E-state index is -2.23. The Bertz CT molecular complexity index is 608. The van der Waals surface area contributed by atoms with Crippen LogP contribution in [0.4, 0.5) is 0 Å². The third-order valence-corrected chi connectivity index (χ3v) is 6.42. The summed E-state index contributed by atoms with van der Waals surface area (Å²) in [6, 6.07) is 3.33. The molecule has 1 aromatic heterocycles. The van der Waals surface area contributed by atoms with Gasteiger partial charge in [0.1, 0.15) is 19.0 Å². The van der Waals surface area contributed by atoms with Gasteiger partial charge >= 0.3 is 18.4 Å². The smallest absolute Gasteiger partial charge is 0.418 e. The van der Waals surface area contributed by atoms with Gasteiger partial charge in [-0.3, -0.25) is 4.79 Å². The average molecular weight is 445 g/mol. The number of furan rings is 1. The Balaban J connectivity index is 2.73. The highest BCUT2D eigenvalue weighted by Gasteiger charge is 2.43. The fourth-order valence-electron chi connectivity index (χ4n) is 1.85. The second kappa shape index (κ2) is 9.64. The van der Waals surface area contributed by atoms with Crippen LogP contribution in [0, 0.1) is 0 Å². The number of alkyl halides is 3. The van der Waals surface area contributed by atoms with Gasteiger partial charge in [-0.25, -0.2) is 9.59 Å². The van der Waals surface area contributed by atoms with E-state index in [4.69, 9.17) is 48.7 Å². The van der Waals surface area contributed by atoms with Gasteiger partial charge in [-0.05, 0) is 12.1 Å². The lowest BCUT2D eigenvalue weighted by Crippen LogP contribution is -2.42. The van der Waals surface area contributed by atoms with Crippen molar-refractivity contribution in [2.75, 3.05) is 6.61 Å². The number of hydrogen-bond donors (Lipinski definition) is 0. The molecule has 26 heavy (non-hydrogen) atoms. The zero-order chi connectivity index (χ0) is 20.0. The molecular weight excluding hydrogens is 427 g/mol. The molecule has 0 bridgehead atoms. The number of halogens is 3. The van der Waals surface area contributed by atoms with Gasteiger partial charge in [-0.15, -0.1) is 0 Å². The second-order valence-corrected chi connectivity index (χ2v) is 14.2. The van der Waals surface area contributed by atoms with E-state index in [1.807, 2.05) is 19.6 Å². The maximum absolute atomic E-state index is 12.4. The third kappa shape index (κ3) is 7.18. The van der Waals surface area contributed by atoms with E-state index in [9.17, 15) is 14.4 Å². The van der Waals surface area contributed by atoms with Crippen LogP contribution in [0.1, 0.15) is 5.76 Å². The Hall–Kier alpha value is -1.22. The normalized spacial score (nSPS) is 14.2. The number of rotatable bonds is 9. The number of hydrogen-bond acceptors (Lipinski definition) is 7. The van der Waals surface area contributed by atoms with Crippen molar-refractivity contribution in [3.05, 3.63) is 24.2 Å². The van der Waals surface area contributed by atoms with Crippen LogP contribution in [0.2, 0.25) is 25.2 Å². The zero-order valence-electron chi connectivity index (χ0n) is 14.3. The highest BCUT2D eigenvalue weighted by molar-refractivity contribution is 6.80. The molecule has 0 aliphatic carbocycles. The third-order valence-electron chi connectivity index (χ3n) is 3.34. The summed E-state index contributed by atoms with van der Waals surface area (Å²) in [7, 11) is -2.14. The van der Waals surface area contributed by atoms with Crippen LogP contribution in [0.3, 0.4) is 0 Å². The lowest BCUT2D eigenvalue weighted by molar-refractivity contribution is -0.155. The SMILES string of the molecule is C[Si](C)(C)C(COC(=O)C(O[C]=O)C(Cl)(Cl)Cl)C(=O)OCc1ccco1. The maximum atomic E-state index is 12.4. The van der Waals surface area contributed by atoms with Crippen molar-refractivity contribution < 1.29 is 33.0 Å². The Morgan fingerprint density at radius 3 is 2.35 bits per heavy atom. The van der Waals surface area contributed by atoms with Crippen LogP contribution in [0.25, 0.3) is 0 Å². The van der Waals surface area contributed by atoms with Gasteiger partial charge in [0.05, 0.1) is 19.9 Å². The zero-order valence-corrected chi connectivity index (χ0v) is 17.6. The van der Waals surface area contributed by atoms with Crippen LogP contribution in [-0.2, 0) is 35.2 Å². The Kier molecular flexibility index (Phi) is 8.46. The van der Waals surface area contributed by atoms with Crippen molar-refractivity contribution in [1.29, 1.82) is 0 Å². The van der Waals surface area contributed by atoms with Crippen LogP contribution in [0.5, 0.6) is 0 Å². The van der Waals surface area contributed by atoms with Crippen molar-refractivity contribution in [1.82, 2.24) is 0 Å². The molecule has 0 aromatic carbocycles. The van der Waals surface area contributed by atoms with E-state index in [0.717, 1.165) is 6.47 Å². The lowest BCUT2D eigenvalue weighted by atomic mass is 10.4. The first kappa shape index (κ1) is 22.8. The number of esters is 2. The van der Waals surface area contributed by atoms with Crippen molar-refractivity contribution in [3.63, 3.8) is 0 Å². The minimum absolute atomic E-state index is 0.0409. The van der Waals surface area contributed by atoms with Gasteiger partial charge in [0.15, 0.2) is 0 Å². The topological polar surface area (TPSA) is 92.0 Å². The van der Waals surface area contributed by atoms with Crippen LogP contribution < -0.4 is 0 Å². The molecule has 1 heterocycles. The predicted molar refractivity (Wildman–Crippen MR) is 97.4 cm³/mol. The van der Waals surface area contributed by atoms with E-state index in [1.54, 1.807) is 12.1 Å². The molecule has 1 radical (unpaired) electrons. The average Bonchev–Trinajstić information content (AvgIpc) is 3.01. The van der Waals surface area contributed by atoms with Crippen molar-refractivity contribution in [3.8, 4) is 0 Å². The number of carbonyl (C=O) groups excluding carboxylic acids is 3. The monoisotopic (exact) mass is 443 g/mol. The first-order chi connectivity index (χ1) is 12.0. The molecule has 0 saturated carbocycles. The summed E-state index contributed by atoms with van der Waals surface area (Å²) in [5, 5.41) is 0. The van der Waals surface area contributed by atoms with Crippen molar-refractivity contribution in [2.45, 2.75) is 41.7 Å². The van der Waals surface area contributed by atoms with E-state index in [2.05, 4.69) is 4.74 Å². The largest absolute Gasteiger partial charge is 0.466 e. The van der Waals surface area contributed by atoms with Crippen LogP contribution >= 0.6 is 34.8 Å². The molecule has 11 heteroatoms. The van der Waals surface area contributed by atoms with Gasteiger partial charge in [0.25, 0.3) is 0 Å². The number of carbonyl (C=O) groups is 2. The standard InChI is InChI=1S/C15H18Cl3O7Si/c1-26(2,3)11(13(20)23-7-10-5-4-6-22-10)8-24-14(21)12(25-9-19)15(16,17)18/h4-6,11-12H,7-8H2,1-3H3. The van der Waals surface area contributed by atoms with E-state index in [-0.39, 0.29) is 13.2 Å². The first-order valence-corrected chi connectivity index (χ1v) is 12.1. The summed E-state index contributed by atoms with van der Waals surface area (Å²) in [5.41, 5.74) is -0.683. The molecule has 2 atom stereocenters. The second-order valence-electron chi connectivity index (χ2n) is 6.36. The summed E-state index contributed by atoms with van der Waals surface area (Å²) in [6.45, 7) is 6.41. The fourth-order valence-corrected chi connectivity index (χ4v) is 3.62. The van der Waals surface area contributed by atoms with E-state index in [0.29, 0.717) is 5.76 Å². The molecule has 0 saturated heterocycles. The molecule has 1 rings (SSSR count). The Labute approximate surface area is 166 Å². The first-order valence-electron chi connectivity index (χ1n) is 7.42. The van der Waals surface area contributed by atoms with Gasteiger partial charge in [0.2, 0.25) is 9.90 Å². The van der Waals surface area contributed by atoms with E-state index in [1.165, 1.54) is 6.26 Å². The molecule has 2 unspecified atom stereocenters. The summed E-state index contributed by atoms with van der Waals surface area (Å²) in [4.78, 5) is 34.8. The molecule has 0 aliphatic rings. The molecule has 0 N–H and O–H groups in total. The Morgan fingerprint density at radius 2 is 1.88 bits per heavy atom. The summed E-state index contributed by atoms with van der Waals surface area (Å²) in [6.07, 6.45) is -0.339. The van der Waals surface area contributed by atoms with Gasteiger partial charge in [-0.1, -0.05) is 54.4 Å². The van der Waals surface area contributed by atoms with Gasteiger partial charge in [0, 0.05) is 0 Å². The molecule has 0 aliphatic heterocycles. The molecule has 0 spiro atoms. The summed E-state index contributed by atoms with van der Waals surface area (Å²) < 4.78 is 17.5. The highest BCUT2D eigenvalue weighted by atomic mass is 35.6. The molecule has 145 valence electrons. The van der Waals surface area contributed by atoms with Crippen molar-refractivity contribution >= 4 is 61.3 Å². The quantitative estimate of drug-likeness (QED) is 0.249. The van der Waals surface area contributed by atoms with Gasteiger partial charge in [-0.2, -0.15) is 0 Å². The molecule has 1 aromatic rings. The minimum Gasteiger partial charge on any atom is -0.466 e. The van der Waals surface area contributed by atoms with Crippen molar-refractivity contribution in [2.24, 2.45) is 0 Å². The fraction of sp³-hybridized carbons (Fsp3) is 0.533.